The third-order valence-corrected chi connectivity index (χ3v) is 3.86. The molecule has 1 saturated carbocycles. The van der Waals surface area contributed by atoms with Crippen molar-refractivity contribution in [2.24, 2.45) is 11.8 Å². The van der Waals surface area contributed by atoms with Crippen LogP contribution in [0.1, 0.15) is 12.0 Å². The van der Waals surface area contributed by atoms with E-state index in [1.807, 2.05) is 36.5 Å². The van der Waals surface area contributed by atoms with Crippen LogP contribution in [-0.2, 0) is 16.0 Å². The van der Waals surface area contributed by atoms with Gasteiger partial charge in [0.1, 0.15) is 0 Å². The van der Waals surface area contributed by atoms with E-state index in [9.17, 15) is 9.59 Å². The Balaban J connectivity index is 1.46. The standard InChI is InChI=1S/C16H17N3O3/c20-15(13-10-14(13)16(21)22)17-8-6-11-2-4-12(5-3-11)19-9-1-7-18-19/h1-5,7,9,13-14H,6,8,10H2,(H,17,20)(H,21,22)/t13-,14-/m1/s1. The lowest BCUT2D eigenvalue weighted by atomic mass is 10.1. The van der Waals surface area contributed by atoms with Crippen molar-refractivity contribution in [1.29, 1.82) is 0 Å². The number of carbonyl (C=O) groups excluding carboxylic acids is 1. The van der Waals surface area contributed by atoms with Crippen LogP contribution in [-0.4, -0.2) is 33.3 Å². The molecule has 1 aliphatic carbocycles. The molecular formula is C16H17N3O3. The molecule has 1 fully saturated rings. The Bertz CT molecular complexity index is 664. The zero-order valence-electron chi connectivity index (χ0n) is 12.0. The van der Waals surface area contributed by atoms with Gasteiger partial charge in [0.2, 0.25) is 5.91 Å². The third-order valence-electron chi connectivity index (χ3n) is 3.86. The van der Waals surface area contributed by atoms with Crippen LogP contribution in [0.5, 0.6) is 0 Å². The first kappa shape index (κ1) is 14.3. The van der Waals surface area contributed by atoms with E-state index in [-0.39, 0.29) is 11.8 Å². The normalized spacial score (nSPS) is 19.6. The van der Waals surface area contributed by atoms with Crippen molar-refractivity contribution >= 4 is 11.9 Å². The number of aromatic nitrogens is 2. The summed E-state index contributed by atoms with van der Waals surface area (Å²) in [5.41, 5.74) is 2.10. The lowest BCUT2D eigenvalue weighted by Gasteiger charge is -2.06. The lowest BCUT2D eigenvalue weighted by Crippen LogP contribution is -2.28. The van der Waals surface area contributed by atoms with Gasteiger partial charge in [0.15, 0.2) is 0 Å². The van der Waals surface area contributed by atoms with Crippen molar-refractivity contribution in [3.63, 3.8) is 0 Å². The Morgan fingerprint density at radius 2 is 2.05 bits per heavy atom. The lowest BCUT2D eigenvalue weighted by molar-refractivity contribution is -0.140. The number of carboxylic acid groups (broad SMARTS) is 1. The fourth-order valence-electron chi connectivity index (χ4n) is 2.46. The van der Waals surface area contributed by atoms with Crippen LogP contribution < -0.4 is 5.32 Å². The molecule has 0 saturated heterocycles. The molecule has 0 bridgehead atoms. The van der Waals surface area contributed by atoms with E-state index in [0.29, 0.717) is 13.0 Å². The van der Waals surface area contributed by atoms with E-state index in [1.165, 1.54) is 0 Å². The Labute approximate surface area is 127 Å². The number of hydrogen-bond acceptors (Lipinski definition) is 3. The van der Waals surface area contributed by atoms with Gasteiger partial charge in [-0.15, -0.1) is 0 Å². The van der Waals surface area contributed by atoms with Gasteiger partial charge in [-0.3, -0.25) is 9.59 Å². The molecule has 2 aromatic rings. The van der Waals surface area contributed by atoms with Crippen LogP contribution >= 0.6 is 0 Å². The predicted molar refractivity (Wildman–Crippen MR) is 79.5 cm³/mol. The van der Waals surface area contributed by atoms with Crippen LogP contribution in [0.15, 0.2) is 42.7 Å². The van der Waals surface area contributed by atoms with Crippen molar-refractivity contribution < 1.29 is 14.7 Å². The molecule has 1 aromatic heterocycles. The van der Waals surface area contributed by atoms with Crippen LogP contribution in [0.2, 0.25) is 0 Å². The fraction of sp³-hybridized carbons (Fsp3) is 0.312. The predicted octanol–water partition coefficient (Wildman–Crippen LogP) is 1.25. The van der Waals surface area contributed by atoms with Gasteiger partial charge < -0.3 is 10.4 Å². The van der Waals surface area contributed by atoms with E-state index in [1.54, 1.807) is 10.9 Å². The van der Waals surface area contributed by atoms with Crippen molar-refractivity contribution in [2.75, 3.05) is 6.54 Å². The van der Waals surface area contributed by atoms with Gasteiger partial charge in [0, 0.05) is 18.9 Å². The Hall–Kier alpha value is -2.63. The van der Waals surface area contributed by atoms with Gasteiger partial charge >= 0.3 is 5.97 Å². The SMILES string of the molecule is O=C(O)[C@@H]1C[C@H]1C(=O)NCCc1ccc(-n2cccn2)cc1. The molecule has 114 valence electrons. The maximum Gasteiger partial charge on any atom is 0.307 e. The largest absolute Gasteiger partial charge is 0.481 e. The first-order valence-corrected chi connectivity index (χ1v) is 7.24. The molecule has 1 aliphatic rings. The van der Waals surface area contributed by atoms with Gasteiger partial charge in [-0.05, 0) is 36.6 Å². The molecule has 22 heavy (non-hydrogen) atoms. The quantitative estimate of drug-likeness (QED) is 0.841. The maximum absolute atomic E-state index is 11.7. The van der Waals surface area contributed by atoms with Crippen molar-refractivity contribution in [2.45, 2.75) is 12.8 Å². The van der Waals surface area contributed by atoms with E-state index in [4.69, 9.17) is 5.11 Å². The number of nitrogens with one attached hydrogen (secondary N) is 1. The average Bonchev–Trinajstić information content (AvgIpc) is 3.15. The number of carboxylic acids is 1. The van der Waals surface area contributed by atoms with E-state index >= 15 is 0 Å². The summed E-state index contributed by atoms with van der Waals surface area (Å²) >= 11 is 0. The molecule has 2 atom stereocenters. The Morgan fingerprint density at radius 3 is 2.64 bits per heavy atom. The number of hydrogen-bond donors (Lipinski definition) is 2. The van der Waals surface area contributed by atoms with Gasteiger partial charge in [-0.25, -0.2) is 4.68 Å². The first-order valence-electron chi connectivity index (χ1n) is 7.24. The molecule has 0 radical (unpaired) electrons. The maximum atomic E-state index is 11.7. The number of benzene rings is 1. The zero-order valence-corrected chi connectivity index (χ0v) is 12.0. The van der Waals surface area contributed by atoms with Crippen molar-refractivity contribution in [3.8, 4) is 5.69 Å². The zero-order chi connectivity index (χ0) is 15.5. The summed E-state index contributed by atoms with van der Waals surface area (Å²) in [4.78, 5) is 22.4. The van der Waals surface area contributed by atoms with Crippen molar-refractivity contribution in [3.05, 3.63) is 48.3 Å². The molecule has 3 rings (SSSR count). The Morgan fingerprint density at radius 1 is 1.27 bits per heavy atom. The van der Waals surface area contributed by atoms with Crippen LogP contribution in [0.25, 0.3) is 5.69 Å². The van der Waals surface area contributed by atoms with Crippen LogP contribution in [0.3, 0.4) is 0 Å². The molecule has 0 spiro atoms. The molecular weight excluding hydrogens is 282 g/mol. The van der Waals surface area contributed by atoms with Gasteiger partial charge in [0.05, 0.1) is 17.5 Å². The molecule has 6 heteroatoms. The molecule has 0 unspecified atom stereocenters. The first-order chi connectivity index (χ1) is 10.6. The van der Waals surface area contributed by atoms with Gasteiger partial charge in [0.25, 0.3) is 0 Å². The number of amides is 1. The van der Waals surface area contributed by atoms with E-state index < -0.39 is 11.9 Å². The fourth-order valence-corrected chi connectivity index (χ4v) is 2.46. The summed E-state index contributed by atoms with van der Waals surface area (Å²) in [6, 6.07) is 9.82. The van der Waals surface area contributed by atoms with Crippen LogP contribution in [0, 0.1) is 11.8 Å². The molecule has 6 nitrogen and oxygen atoms in total. The second-order valence-corrected chi connectivity index (χ2v) is 5.45. The summed E-state index contributed by atoms with van der Waals surface area (Å²) < 4.78 is 1.78. The minimum Gasteiger partial charge on any atom is -0.481 e. The topological polar surface area (TPSA) is 84.2 Å². The third kappa shape index (κ3) is 3.16. The second kappa shape index (κ2) is 6.01. The summed E-state index contributed by atoms with van der Waals surface area (Å²) in [7, 11) is 0. The smallest absolute Gasteiger partial charge is 0.307 e. The minimum absolute atomic E-state index is 0.152. The number of carbonyl (C=O) groups is 2. The van der Waals surface area contributed by atoms with E-state index in [2.05, 4.69) is 10.4 Å². The summed E-state index contributed by atoms with van der Waals surface area (Å²) in [5.74, 6) is -1.87. The highest BCUT2D eigenvalue weighted by atomic mass is 16.4. The molecule has 1 amide bonds. The van der Waals surface area contributed by atoms with Crippen molar-refractivity contribution in [1.82, 2.24) is 15.1 Å². The molecule has 1 aromatic carbocycles. The number of aliphatic carboxylic acids is 1. The van der Waals surface area contributed by atoms with Gasteiger partial charge in [-0.2, -0.15) is 5.10 Å². The summed E-state index contributed by atoms with van der Waals surface area (Å²) in [6.07, 6.45) is 4.78. The highest BCUT2D eigenvalue weighted by Gasteiger charge is 2.48. The van der Waals surface area contributed by atoms with Gasteiger partial charge in [-0.1, -0.05) is 12.1 Å². The highest BCUT2D eigenvalue weighted by Crippen LogP contribution is 2.38. The average molecular weight is 299 g/mol. The molecule has 2 N–H and O–H groups in total. The second-order valence-electron chi connectivity index (χ2n) is 5.45. The number of rotatable bonds is 6. The van der Waals surface area contributed by atoms with E-state index in [0.717, 1.165) is 17.7 Å². The summed E-state index contributed by atoms with van der Waals surface area (Å²) in [6.45, 7) is 0.517. The minimum atomic E-state index is -0.880. The summed E-state index contributed by atoms with van der Waals surface area (Å²) in [5, 5.41) is 15.8. The number of nitrogens with zero attached hydrogens (tertiary/aromatic N) is 2. The van der Waals surface area contributed by atoms with Crippen LogP contribution in [0.4, 0.5) is 0 Å². The highest BCUT2D eigenvalue weighted by molar-refractivity contribution is 5.89. The molecule has 1 heterocycles. The Kier molecular flexibility index (Phi) is 3.91. The molecule has 0 aliphatic heterocycles. The monoisotopic (exact) mass is 299 g/mol.